The van der Waals surface area contributed by atoms with Crippen molar-refractivity contribution >= 4 is 106 Å². The normalized spacial score (nSPS) is 0. The zero-order chi connectivity index (χ0) is 0. The zero-order valence-corrected chi connectivity index (χ0v) is 19.0. The first-order chi connectivity index (χ1) is 0. The summed E-state index contributed by atoms with van der Waals surface area (Å²) in [4.78, 5) is 0. The fourth-order valence-electron chi connectivity index (χ4n) is 0. The van der Waals surface area contributed by atoms with Gasteiger partial charge in [0.1, 0.15) is 0 Å². The summed E-state index contributed by atoms with van der Waals surface area (Å²) >= 11 is 0. The molecule has 0 aliphatic heterocycles. The standard InChI is InChI=1S/AsH3.Bi.Ca.Fe.Sb.8H/h1H3;;;;;;;;;;;;/q;;+2;;;;;;;;;2*-1. The van der Waals surface area contributed by atoms with E-state index in [9.17, 15) is 0 Å². The maximum absolute atomic E-state index is 0. The Morgan fingerprint density at radius 3 is 1.20 bits per heavy atom. The van der Waals surface area contributed by atoms with E-state index in [-0.39, 0.29) is 126 Å². The van der Waals surface area contributed by atoms with Gasteiger partial charge in [0, 0.05) is 17.1 Å². The SMILES string of the molecule is [AsH3].[BiH3].[Ca+2].[Fe].[H-].[H-].[SbH3]. The summed E-state index contributed by atoms with van der Waals surface area (Å²) in [7, 11) is 0. The molecule has 0 rings (SSSR count). The molecule has 0 aliphatic carbocycles. The van der Waals surface area contributed by atoms with E-state index >= 15 is 0 Å². The van der Waals surface area contributed by atoms with Crippen molar-refractivity contribution in [3.05, 3.63) is 0 Å². The molecule has 5 heavy (non-hydrogen) atoms. The van der Waals surface area contributed by atoms with Crippen molar-refractivity contribution in [3.63, 3.8) is 0 Å². The van der Waals surface area contributed by atoms with Crippen molar-refractivity contribution < 1.29 is 19.9 Å². The second-order valence-electron chi connectivity index (χ2n) is 0. The van der Waals surface area contributed by atoms with Gasteiger partial charge in [-0.3, -0.25) is 0 Å². The molecule has 0 spiro atoms. The molecule has 0 fully saturated rings. The van der Waals surface area contributed by atoms with Crippen LogP contribution in [0, 0.1) is 0 Å². The molecule has 0 heterocycles. The second-order valence-corrected chi connectivity index (χ2v) is 0. The molecule has 0 saturated heterocycles. The number of hydrogen-bond acceptors (Lipinski definition) is 0. The fraction of sp³-hybridized carbons (Fsp3) is 0. The van der Waals surface area contributed by atoms with E-state index < -0.39 is 0 Å². The van der Waals surface area contributed by atoms with Crippen LogP contribution in [0.5, 0.6) is 0 Å². The molecule has 0 radical (unpaired) electrons. The van der Waals surface area contributed by atoms with Crippen molar-refractivity contribution in [1.29, 1.82) is 0 Å². The van der Waals surface area contributed by atoms with Gasteiger partial charge in [0.2, 0.25) is 0 Å². The first-order valence-corrected chi connectivity index (χ1v) is 0. The first kappa shape index (κ1) is 35.8. The van der Waals surface area contributed by atoms with Gasteiger partial charge < -0.3 is 2.85 Å². The Morgan fingerprint density at radius 1 is 1.20 bits per heavy atom. The van der Waals surface area contributed by atoms with Gasteiger partial charge in [-0.05, 0) is 0 Å². The monoisotopic (exact) mass is 512 g/mol. The van der Waals surface area contributed by atoms with E-state index in [1.807, 2.05) is 0 Å². The quantitative estimate of drug-likeness (QED) is 0.293. The third-order valence-corrected chi connectivity index (χ3v) is 0. The third kappa shape index (κ3) is 18.0. The van der Waals surface area contributed by atoms with Crippen LogP contribution in [0.1, 0.15) is 2.85 Å². The fourth-order valence-corrected chi connectivity index (χ4v) is 0. The predicted molar refractivity (Wildman–Crippen MR) is 37.8 cm³/mol. The Hall–Kier alpha value is 4.04. The molecule has 0 bridgehead atoms. The van der Waals surface area contributed by atoms with Crippen molar-refractivity contribution in [1.82, 2.24) is 0 Å². The van der Waals surface area contributed by atoms with Crippen LogP contribution in [0.25, 0.3) is 0 Å². The second kappa shape index (κ2) is 24.4. The molecule has 0 saturated carbocycles. The molecule has 0 aromatic heterocycles. The van der Waals surface area contributed by atoms with Gasteiger partial charge in [0.25, 0.3) is 0 Å². The van der Waals surface area contributed by atoms with E-state index in [0.717, 1.165) is 0 Å². The molecular weight excluding hydrogens is 502 g/mol. The summed E-state index contributed by atoms with van der Waals surface area (Å²) in [5.41, 5.74) is 0. The summed E-state index contributed by atoms with van der Waals surface area (Å²) in [6, 6.07) is 0. The van der Waals surface area contributed by atoms with E-state index in [1.165, 1.54) is 0 Å². The molecular formula is H11AsBiCaFeSb. The summed E-state index contributed by atoms with van der Waals surface area (Å²) in [6.07, 6.45) is 0. The zero-order valence-electron chi connectivity index (χ0n) is 5.18. The molecule has 1 atom stereocenters. The Labute approximate surface area is 123 Å². The predicted octanol–water partition coefficient (Wildman–Crippen LogP) is -3.71. The van der Waals surface area contributed by atoms with Crippen molar-refractivity contribution in [2.24, 2.45) is 0 Å². The van der Waals surface area contributed by atoms with Crippen LogP contribution in [-0.4, -0.2) is 106 Å². The number of rotatable bonds is 0. The Kier molecular flexibility index (Phi) is 175. The number of hydrogen-bond donors (Lipinski definition) is 0. The molecule has 0 nitrogen and oxygen atoms in total. The van der Waals surface area contributed by atoms with Gasteiger partial charge in [-0.1, -0.05) is 0 Å². The van der Waals surface area contributed by atoms with Crippen LogP contribution in [0.15, 0.2) is 0 Å². The maximum atomic E-state index is 0. The van der Waals surface area contributed by atoms with Crippen LogP contribution >= 0.6 is 0 Å². The minimum atomic E-state index is 0. The van der Waals surface area contributed by atoms with Gasteiger partial charge in [-0.25, -0.2) is 0 Å². The van der Waals surface area contributed by atoms with Crippen LogP contribution < -0.4 is 0 Å². The first-order valence-electron chi connectivity index (χ1n) is 0. The Balaban J connectivity index is 0. The Morgan fingerprint density at radius 2 is 1.20 bits per heavy atom. The van der Waals surface area contributed by atoms with Crippen molar-refractivity contribution in [2.45, 2.75) is 0 Å². The van der Waals surface area contributed by atoms with E-state index in [1.54, 1.807) is 0 Å². The molecule has 36 valence electrons. The molecule has 0 N–H and O–H groups in total. The van der Waals surface area contributed by atoms with Gasteiger partial charge >= 0.3 is 106 Å². The van der Waals surface area contributed by atoms with Crippen LogP contribution in [0.3, 0.4) is 0 Å². The van der Waals surface area contributed by atoms with E-state index in [2.05, 4.69) is 0 Å². The molecule has 1 unspecified atom stereocenters. The molecule has 0 aromatic rings. The average Bonchev–Trinajstić information content (AvgIpc) is 0. The van der Waals surface area contributed by atoms with Crippen LogP contribution in [0.4, 0.5) is 0 Å². The summed E-state index contributed by atoms with van der Waals surface area (Å²) < 4.78 is 0. The van der Waals surface area contributed by atoms with Crippen molar-refractivity contribution in [3.8, 4) is 0 Å². The van der Waals surface area contributed by atoms with E-state index in [4.69, 9.17) is 0 Å². The van der Waals surface area contributed by atoms with Gasteiger partial charge in [0.15, 0.2) is 0 Å². The Bertz CT molecular complexity index is 17.7. The van der Waals surface area contributed by atoms with Gasteiger partial charge in [0.05, 0.1) is 0 Å². The summed E-state index contributed by atoms with van der Waals surface area (Å²) in [5, 5.41) is 0. The summed E-state index contributed by atoms with van der Waals surface area (Å²) in [6.45, 7) is 0. The van der Waals surface area contributed by atoms with Crippen molar-refractivity contribution in [2.75, 3.05) is 0 Å². The molecule has 0 aliphatic rings. The average molecular weight is 513 g/mol. The third-order valence-electron chi connectivity index (χ3n) is 0. The van der Waals surface area contributed by atoms with Gasteiger partial charge in [-0.2, -0.15) is 0 Å². The molecule has 5 heteroatoms. The minimum absolute atomic E-state index is 0. The molecule has 0 amide bonds. The van der Waals surface area contributed by atoms with Crippen LogP contribution in [0.2, 0.25) is 0 Å². The summed E-state index contributed by atoms with van der Waals surface area (Å²) in [5.74, 6) is 0. The topological polar surface area (TPSA) is 0 Å². The van der Waals surface area contributed by atoms with Gasteiger partial charge in [-0.15, -0.1) is 0 Å². The van der Waals surface area contributed by atoms with E-state index in [0.29, 0.717) is 0 Å². The van der Waals surface area contributed by atoms with Crippen LogP contribution in [-0.2, 0) is 17.1 Å². The molecule has 0 aromatic carbocycles.